The van der Waals surface area contributed by atoms with E-state index < -0.39 is 11.7 Å². The zero-order chi connectivity index (χ0) is 25.6. The predicted molar refractivity (Wildman–Crippen MR) is 138 cm³/mol. The maximum atomic E-state index is 13.1. The van der Waals surface area contributed by atoms with Crippen molar-refractivity contribution >= 4 is 46.8 Å². The maximum Gasteiger partial charge on any atom is 0.407 e. The summed E-state index contributed by atoms with van der Waals surface area (Å²) in [7, 11) is 0. The summed E-state index contributed by atoms with van der Waals surface area (Å²) in [5, 5.41) is 9.68. The van der Waals surface area contributed by atoms with E-state index in [-0.39, 0.29) is 30.3 Å². The molecule has 1 saturated carbocycles. The van der Waals surface area contributed by atoms with Crippen molar-refractivity contribution in [2.45, 2.75) is 70.6 Å². The Balaban J connectivity index is 1.56. The van der Waals surface area contributed by atoms with Crippen molar-refractivity contribution < 1.29 is 19.1 Å². The highest BCUT2D eigenvalue weighted by molar-refractivity contribution is 6.32. The molecule has 1 aliphatic carbocycles. The highest BCUT2D eigenvalue weighted by Gasteiger charge is 2.26. The van der Waals surface area contributed by atoms with Crippen molar-refractivity contribution in [3.05, 3.63) is 63.6 Å². The molecule has 0 aliphatic heterocycles. The van der Waals surface area contributed by atoms with Crippen LogP contribution in [0.25, 0.3) is 0 Å². The molecule has 188 valence electrons. The standard InChI is InChI=1S/C26H31Cl2N3O4/c1-26(2,3)35-25(34)31-19-13-11-18(12-14-19)30-24(33)20-5-4-6-22(28)21(20)15-23(32)29-17-9-7-16(27)8-10-17/h4-10,18-19H,11-15H2,1-3H3,(H,29,32)(H,30,33)(H,31,34). The van der Waals surface area contributed by atoms with Crippen LogP contribution >= 0.6 is 23.2 Å². The van der Waals surface area contributed by atoms with Gasteiger partial charge in [-0.15, -0.1) is 0 Å². The van der Waals surface area contributed by atoms with Gasteiger partial charge in [0, 0.05) is 33.4 Å². The Morgan fingerprint density at radius 2 is 1.51 bits per heavy atom. The van der Waals surface area contributed by atoms with Gasteiger partial charge in [0.2, 0.25) is 5.91 Å². The third-order valence-electron chi connectivity index (χ3n) is 5.61. The summed E-state index contributed by atoms with van der Waals surface area (Å²) in [6.07, 6.45) is 2.44. The fraction of sp³-hybridized carbons (Fsp3) is 0.423. The summed E-state index contributed by atoms with van der Waals surface area (Å²) in [4.78, 5) is 37.7. The van der Waals surface area contributed by atoms with Gasteiger partial charge in [0.1, 0.15) is 5.60 Å². The lowest BCUT2D eigenvalue weighted by molar-refractivity contribution is -0.115. The van der Waals surface area contributed by atoms with Crippen LogP contribution in [0.4, 0.5) is 10.5 Å². The van der Waals surface area contributed by atoms with E-state index in [1.165, 1.54) is 0 Å². The second-order valence-corrected chi connectivity index (χ2v) is 10.5. The number of carbonyl (C=O) groups excluding carboxylic acids is 3. The van der Waals surface area contributed by atoms with E-state index in [1.54, 1.807) is 42.5 Å². The second kappa shape index (κ2) is 11.8. The van der Waals surface area contributed by atoms with Crippen LogP contribution in [0, 0.1) is 0 Å². The van der Waals surface area contributed by atoms with Gasteiger partial charge in [0.25, 0.3) is 5.91 Å². The summed E-state index contributed by atoms with van der Waals surface area (Å²) in [5.74, 6) is -0.562. The van der Waals surface area contributed by atoms with Gasteiger partial charge in [0.15, 0.2) is 0 Å². The molecule has 9 heteroatoms. The number of benzene rings is 2. The Morgan fingerprint density at radius 3 is 2.11 bits per heavy atom. The van der Waals surface area contributed by atoms with E-state index in [1.807, 2.05) is 20.8 Å². The Hall–Kier alpha value is -2.77. The summed E-state index contributed by atoms with van der Waals surface area (Å²) in [5.41, 5.74) is 0.903. The van der Waals surface area contributed by atoms with Gasteiger partial charge in [-0.3, -0.25) is 9.59 Å². The molecule has 3 amide bonds. The Kier molecular flexibility index (Phi) is 9.03. The van der Waals surface area contributed by atoms with E-state index in [2.05, 4.69) is 16.0 Å². The first-order valence-corrected chi connectivity index (χ1v) is 12.4. The largest absolute Gasteiger partial charge is 0.444 e. The fourth-order valence-electron chi connectivity index (χ4n) is 3.97. The van der Waals surface area contributed by atoms with Gasteiger partial charge < -0.3 is 20.7 Å². The average Bonchev–Trinajstić information content (AvgIpc) is 2.76. The molecule has 0 atom stereocenters. The molecule has 2 aromatic carbocycles. The number of rotatable bonds is 6. The van der Waals surface area contributed by atoms with Gasteiger partial charge >= 0.3 is 6.09 Å². The molecule has 1 fully saturated rings. The number of anilines is 1. The van der Waals surface area contributed by atoms with E-state index in [4.69, 9.17) is 27.9 Å². The van der Waals surface area contributed by atoms with Crippen molar-refractivity contribution in [1.82, 2.24) is 10.6 Å². The minimum atomic E-state index is -0.546. The molecule has 3 rings (SSSR count). The molecule has 0 bridgehead atoms. The lowest BCUT2D eigenvalue weighted by atomic mass is 9.91. The zero-order valence-corrected chi connectivity index (χ0v) is 21.6. The molecule has 7 nitrogen and oxygen atoms in total. The minimum absolute atomic E-state index is 0.0105. The van der Waals surface area contributed by atoms with Gasteiger partial charge in [-0.2, -0.15) is 0 Å². The molecule has 0 radical (unpaired) electrons. The number of nitrogens with one attached hydrogen (secondary N) is 3. The highest BCUT2D eigenvalue weighted by atomic mass is 35.5. The van der Waals surface area contributed by atoms with Gasteiger partial charge in [-0.1, -0.05) is 29.3 Å². The van der Waals surface area contributed by atoms with Crippen molar-refractivity contribution in [2.75, 3.05) is 5.32 Å². The normalized spacial score (nSPS) is 17.9. The predicted octanol–water partition coefficient (Wildman–Crippen LogP) is 5.74. The smallest absolute Gasteiger partial charge is 0.407 e. The van der Waals surface area contributed by atoms with Crippen molar-refractivity contribution in [1.29, 1.82) is 0 Å². The van der Waals surface area contributed by atoms with Crippen LogP contribution in [0.15, 0.2) is 42.5 Å². The molecule has 3 N–H and O–H groups in total. The van der Waals surface area contributed by atoms with E-state index in [0.717, 1.165) is 25.7 Å². The van der Waals surface area contributed by atoms with Crippen LogP contribution in [0.3, 0.4) is 0 Å². The van der Waals surface area contributed by atoms with E-state index in [0.29, 0.717) is 26.9 Å². The Bertz CT molecular complexity index is 1060. The first kappa shape index (κ1) is 26.8. The zero-order valence-electron chi connectivity index (χ0n) is 20.1. The monoisotopic (exact) mass is 519 g/mol. The van der Waals surface area contributed by atoms with E-state index in [9.17, 15) is 14.4 Å². The SMILES string of the molecule is CC(C)(C)OC(=O)NC1CCC(NC(=O)c2cccc(Cl)c2CC(=O)Nc2ccc(Cl)cc2)CC1. The first-order chi connectivity index (χ1) is 16.5. The minimum Gasteiger partial charge on any atom is -0.444 e. The van der Waals surface area contributed by atoms with Crippen LogP contribution < -0.4 is 16.0 Å². The number of amides is 3. The number of ether oxygens (including phenoxy) is 1. The summed E-state index contributed by atoms with van der Waals surface area (Å²) < 4.78 is 5.32. The van der Waals surface area contributed by atoms with Gasteiger partial charge in [-0.25, -0.2) is 4.79 Å². The number of hydrogen-bond donors (Lipinski definition) is 3. The maximum absolute atomic E-state index is 13.1. The average molecular weight is 520 g/mol. The van der Waals surface area contributed by atoms with Crippen molar-refractivity contribution in [3.63, 3.8) is 0 Å². The molecule has 0 aromatic heterocycles. The first-order valence-electron chi connectivity index (χ1n) is 11.6. The quantitative estimate of drug-likeness (QED) is 0.453. The van der Waals surface area contributed by atoms with Crippen LogP contribution in [0.5, 0.6) is 0 Å². The Morgan fingerprint density at radius 1 is 0.914 bits per heavy atom. The van der Waals surface area contributed by atoms with Gasteiger partial charge in [0.05, 0.1) is 6.42 Å². The molecule has 0 saturated heterocycles. The third-order valence-corrected chi connectivity index (χ3v) is 6.22. The summed E-state index contributed by atoms with van der Waals surface area (Å²) in [6.45, 7) is 5.47. The number of hydrogen-bond acceptors (Lipinski definition) is 4. The second-order valence-electron chi connectivity index (χ2n) is 9.67. The number of halogens is 2. The molecule has 35 heavy (non-hydrogen) atoms. The third kappa shape index (κ3) is 8.44. The van der Waals surface area contributed by atoms with Gasteiger partial charge in [-0.05, 0) is 88.4 Å². The molecule has 0 spiro atoms. The molecular weight excluding hydrogens is 489 g/mol. The lowest BCUT2D eigenvalue weighted by Crippen LogP contribution is -2.45. The van der Waals surface area contributed by atoms with Crippen LogP contribution in [-0.4, -0.2) is 35.6 Å². The van der Waals surface area contributed by atoms with Crippen LogP contribution in [0.1, 0.15) is 62.4 Å². The van der Waals surface area contributed by atoms with Crippen LogP contribution in [0.2, 0.25) is 10.0 Å². The fourth-order valence-corrected chi connectivity index (χ4v) is 4.34. The summed E-state index contributed by atoms with van der Waals surface area (Å²) >= 11 is 12.3. The Labute approximate surface area is 215 Å². The van der Waals surface area contributed by atoms with Crippen molar-refractivity contribution in [2.24, 2.45) is 0 Å². The van der Waals surface area contributed by atoms with E-state index >= 15 is 0 Å². The molecule has 0 unspecified atom stereocenters. The molecule has 2 aromatic rings. The highest BCUT2D eigenvalue weighted by Crippen LogP contribution is 2.24. The lowest BCUT2D eigenvalue weighted by Gasteiger charge is -2.30. The number of alkyl carbamates (subject to hydrolysis) is 1. The number of carbonyl (C=O) groups is 3. The summed E-state index contributed by atoms with van der Waals surface area (Å²) in [6, 6.07) is 11.8. The molecular formula is C26H31Cl2N3O4. The topological polar surface area (TPSA) is 96.5 Å². The van der Waals surface area contributed by atoms with Crippen LogP contribution in [-0.2, 0) is 16.0 Å². The molecule has 1 aliphatic rings. The molecule has 0 heterocycles. The van der Waals surface area contributed by atoms with Crippen molar-refractivity contribution in [3.8, 4) is 0 Å².